The highest BCUT2D eigenvalue weighted by Crippen LogP contribution is 2.19. The molecule has 0 aliphatic heterocycles. The van der Waals surface area contributed by atoms with Gasteiger partial charge in [0.15, 0.2) is 5.65 Å². The van der Waals surface area contributed by atoms with Crippen molar-refractivity contribution in [3.8, 4) is 5.75 Å². The summed E-state index contributed by atoms with van der Waals surface area (Å²) in [4.78, 5) is 4.38. The molecule has 2 heterocycles. The Morgan fingerprint density at radius 3 is 3.00 bits per heavy atom. The van der Waals surface area contributed by atoms with Crippen LogP contribution in [0.25, 0.3) is 5.65 Å². The summed E-state index contributed by atoms with van der Waals surface area (Å²) in [6, 6.07) is 12.0. The molecule has 0 radical (unpaired) electrons. The lowest BCUT2D eigenvalue weighted by Crippen LogP contribution is -1.99. The molecule has 1 aromatic carbocycles. The van der Waals surface area contributed by atoms with E-state index in [4.69, 9.17) is 4.74 Å². The number of fused-ring (bicyclic) bond motifs is 1. The predicted molar refractivity (Wildman–Crippen MR) is 78.4 cm³/mol. The topological polar surface area (TPSA) is 26.5 Å². The molecule has 0 amide bonds. The molecule has 0 fully saturated rings. The fraction of sp³-hybridized carbons (Fsp3) is 0.133. The lowest BCUT2D eigenvalue weighted by atomic mass is 10.2. The Labute approximate surface area is 120 Å². The van der Waals surface area contributed by atoms with Crippen molar-refractivity contribution in [2.24, 2.45) is 0 Å². The van der Waals surface area contributed by atoms with Crippen LogP contribution < -0.4 is 4.74 Å². The van der Waals surface area contributed by atoms with Gasteiger partial charge in [-0.1, -0.05) is 12.1 Å². The van der Waals surface area contributed by atoms with Crippen molar-refractivity contribution in [2.45, 2.75) is 13.5 Å². The molecule has 0 saturated carbocycles. The van der Waals surface area contributed by atoms with Crippen molar-refractivity contribution < 1.29 is 4.74 Å². The molecule has 4 heteroatoms. The summed E-state index contributed by atoms with van der Waals surface area (Å²) in [6.07, 6.45) is 3.83. The van der Waals surface area contributed by atoms with Gasteiger partial charge in [-0.3, -0.25) is 4.40 Å². The smallest absolute Gasteiger partial charge is 0.151 e. The summed E-state index contributed by atoms with van der Waals surface area (Å²) in [7, 11) is 0. The first kappa shape index (κ1) is 12.2. The highest BCUT2D eigenvalue weighted by molar-refractivity contribution is 9.10. The molecule has 19 heavy (non-hydrogen) atoms. The quantitative estimate of drug-likeness (QED) is 0.730. The highest BCUT2D eigenvalue weighted by Gasteiger charge is 2.06. The minimum Gasteiger partial charge on any atom is -0.487 e. The van der Waals surface area contributed by atoms with Gasteiger partial charge in [0.05, 0.1) is 16.4 Å². The molecule has 0 bridgehead atoms. The summed E-state index contributed by atoms with van der Waals surface area (Å²) in [5.41, 5.74) is 3.13. The molecule has 96 valence electrons. The molecule has 0 aliphatic carbocycles. The van der Waals surface area contributed by atoms with Gasteiger partial charge < -0.3 is 4.74 Å². The predicted octanol–water partition coefficient (Wildman–Crippen LogP) is 3.98. The number of pyridine rings is 1. The molecule has 3 rings (SSSR count). The van der Waals surface area contributed by atoms with Gasteiger partial charge in [0, 0.05) is 6.20 Å². The van der Waals surface area contributed by atoms with Crippen LogP contribution in [-0.4, -0.2) is 9.38 Å². The van der Waals surface area contributed by atoms with Crippen LogP contribution in [0.4, 0.5) is 0 Å². The number of benzene rings is 1. The number of aryl methyl sites for hydroxylation is 1. The van der Waals surface area contributed by atoms with Crippen LogP contribution in [0.1, 0.15) is 11.3 Å². The minimum atomic E-state index is 0.501. The van der Waals surface area contributed by atoms with Crippen LogP contribution in [0, 0.1) is 6.92 Å². The van der Waals surface area contributed by atoms with E-state index in [1.165, 1.54) is 5.56 Å². The molecule has 0 spiro atoms. The van der Waals surface area contributed by atoms with E-state index in [0.29, 0.717) is 6.61 Å². The Hall–Kier alpha value is -1.81. The maximum Gasteiger partial charge on any atom is 0.151 e. The SMILES string of the molecule is Cc1cccc(OCc2cnc3c(Br)cccn23)c1. The summed E-state index contributed by atoms with van der Waals surface area (Å²) in [5.74, 6) is 0.880. The summed E-state index contributed by atoms with van der Waals surface area (Å²) in [6.45, 7) is 2.55. The Kier molecular flexibility index (Phi) is 3.25. The molecule has 3 aromatic rings. The first-order chi connectivity index (χ1) is 9.24. The number of hydrogen-bond donors (Lipinski definition) is 0. The zero-order valence-corrected chi connectivity index (χ0v) is 12.1. The molecule has 2 aromatic heterocycles. The first-order valence-electron chi connectivity index (χ1n) is 6.04. The van der Waals surface area contributed by atoms with Crippen LogP contribution in [0.15, 0.2) is 53.3 Å². The zero-order valence-electron chi connectivity index (χ0n) is 10.5. The van der Waals surface area contributed by atoms with Crippen LogP contribution in [0.2, 0.25) is 0 Å². The van der Waals surface area contributed by atoms with E-state index in [1.54, 1.807) is 0 Å². The van der Waals surface area contributed by atoms with Crippen molar-refractivity contribution in [2.75, 3.05) is 0 Å². The van der Waals surface area contributed by atoms with Crippen molar-refractivity contribution in [1.82, 2.24) is 9.38 Å². The van der Waals surface area contributed by atoms with Gasteiger partial charge in [0.2, 0.25) is 0 Å². The number of nitrogens with zero attached hydrogens (tertiary/aromatic N) is 2. The Balaban J connectivity index is 1.84. The normalized spacial score (nSPS) is 10.8. The fourth-order valence-corrected chi connectivity index (χ4v) is 2.44. The van der Waals surface area contributed by atoms with E-state index in [-0.39, 0.29) is 0 Å². The van der Waals surface area contributed by atoms with Gasteiger partial charge in [0.25, 0.3) is 0 Å². The van der Waals surface area contributed by atoms with Gasteiger partial charge in [-0.2, -0.15) is 0 Å². The zero-order chi connectivity index (χ0) is 13.2. The van der Waals surface area contributed by atoms with Gasteiger partial charge in [-0.25, -0.2) is 4.98 Å². The second kappa shape index (κ2) is 5.05. The van der Waals surface area contributed by atoms with E-state index in [1.807, 2.05) is 47.1 Å². The maximum atomic E-state index is 5.80. The molecule has 3 nitrogen and oxygen atoms in total. The molecule has 0 N–H and O–H groups in total. The van der Waals surface area contributed by atoms with Crippen molar-refractivity contribution in [3.63, 3.8) is 0 Å². The average molecular weight is 317 g/mol. The van der Waals surface area contributed by atoms with E-state index in [9.17, 15) is 0 Å². The van der Waals surface area contributed by atoms with Crippen LogP contribution in [-0.2, 0) is 6.61 Å². The summed E-state index contributed by atoms with van der Waals surface area (Å²) < 4.78 is 8.81. The number of ether oxygens (including phenoxy) is 1. The van der Waals surface area contributed by atoms with Crippen molar-refractivity contribution in [3.05, 3.63) is 64.5 Å². The van der Waals surface area contributed by atoms with E-state index in [2.05, 4.69) is 33.9 Å². The molecule has 0 unspecified atom stereocenters. The third kappa shape index (κ3) is 2.49. The second-order valence-corrected chi connectivity index (χ2v) is 5.26. The van der Waals surface area contributed by atoms with Gasteiger partial charge in [-0.15, -0.1) is 0 Å². The number of halogens is 1. The molecule has 0 atom stereocenters. The van der Waals surface area contributed by atoms with Crippen LogP contribution >= 0.6 is 15.9 Å². The second-order valence-electron chi connectivity index (χ2n) is 4.40. The van der Waals surface area contributed by atoms with Gasteiger partial charge in [-0.05, 0) is 52.7 Å². The van der Waals surface area contributed by atoms with Crippen LogP contribution in [0.5, 0.6) is 5.75 Å². The monoisotopic (exact) mass is 316 g/mol. The van der Waals surface area contributed by atoms with Gasteiger partial charge >= 0.3 is 0 Å². The summed E-state index contributed by atoms with van der Waals surface area (Å²) >= 11 is 3.49. The largest absolute Gasteiger partial charge is 0.487 e. The van der Waals surface area contributed by atoms with Gasteiger partial charge in [0.1, 0.15) is 12.4 Å². The van der Waals surface area contributed by atoms with Crippen LogP contribution in [0.3, 0.4) is 0 Å². The molecule has 0 saturated heterocycles. The minimum absolute atomic E-state index is 0.501. The molecular weight excluding hydrogens is 304 g/mol. The Morgan fingerprint density at radius 1 is 1.26 bits per heavy atom. The Morgan fingerprint density at radius 2 is 2.16 bits per heavy atom. The molecular formula is C15H13BrN2O. The summed E-state index contributed by atoms with van der Waals surface area (Å²) in [5, 5.41) is 0. The van der Waals surface area contributed by atoms with Crippen molar-refractivity contribution >= 4 is 21.6 Å². The maximum absolute atomic E-state index is 5.80. The van der Waals surface area contributed by atoms with E-state index < -0.39 is 0 Å². The average Bonchev–Trinajstić information content (AvgIpc) is 2.81. The third-order valence-corrected chi connectivity index (χ3v) is 3.56. The van der Waals surface area contributed by atoms with Crippen molar-refractivity contribution in [1.29, 1.82) is 0 Å². The number of hydrogen-bond acceptors (Lipinski definition) is 2. The number of imidazole rings is 1. The highest BCUT2D eigenvalue weighted by atomic mass is 79.9. The molecule has 0 aliphatic rings. The Bertz CT molecular complexity index is 721. The third-order valence-electron chi connectivity index (χ3n) is 2.94. The standard InChI is InChI=1S/C15H13BrN2O/c1-11-4-2-5-13(8-11)19-10-12-9-17-15-14(16)6-3-7-18(12)15/h2-9H,10H2,1H3. The number of rotatable bonds is 3. The number of aromatic nitrogens is 2. The lowest BCUT2D eigenvalue weighted by Gasteiger charge is -2.07. The fourth-order valence-electron chi connectivity index (χ4n) is 2.00. The van der Waals surface area contributed by atoms with E-state index in [0.717, 1.165) is 21.6 Å². The lowest BCUT2D eigenvalue weighted by molar-refractivity contribution is 0.300. The van der Waals surface area contributed by atoms with E-state index >= 15 is 0 Å². The first-order valence-corrected chi connectivity index (χ1v) is 6.83.